The molecule has 3 rings (SSSR count). The first-order chi connectivity index (χ1) is 15.9. The van der Waals surface area contributed by atoms with Crippen molar-refractivity contribution in [3.05, 3.63) is 74.6 Å². The van der Waals surface area contributed by atoms with Gasteiger partial charge in [0.15, 0.2) is 0 Å². The van der Waals surface area contributed by atoms with Gasteiger partial charge >= 0.3 is 6.09 Å². The lowest BCUT2D eigenvalue weighted by molar-refractivity contribution is -0.122. The van der Waals surface area contributed by atoms with Crippen molar-refractivity contribution in [3.63, 3.8) is 0 Å². The highest BCUT2D eigenvalue weighted by Gasteiger charge is 2.37. The van der Waals surface area contributed by atoms with E-state index in [-0.39, 0.29) is 23.1 Å². The number of carbonyl (C=O) groups excluding carboxylic acids is 3. The van der Waals surface area contributed by atoms with E-state index in [4.69, 9.17) is 4.74 Å². The van der Waals surface area contributed by atoms with Gasteiger partial charge in [0.25, 0.3) is 5.91 Å². The Kier molecular flexibility index (Phi) is 7.92. The summed E-state index contributed by atoms with van der Waals surface area (Å²) in [5, 5.41) is 18.1. The lowest BCUT2D eigenvalue weighted by atomic mass is 9.86. The van der Waals surface area contributed by atoms with Gasteiger partial charge in [0.1, 0.15) is 5.03 Å². The molecule has 2 aromatic rings. The Bertz CT molecular complexity index is 1150. The van der Waals surface area contributed by atoms with Gasteiger partial charge in [-0.25, -0.2) is 4.79 Å². The Morgan fingerprint density at radius 1 is 1.24 bits per heavy atom. The number of benzene rings is 1. The molecule has 0 fully saturated rings. The molecule has 1 aliphatic rings. The Morgan fingerprint density at radius 3 is 2.55 bits per heavy atom. The lowest BCUT2D eigenvalue weighted by Gasteiger charge is -2.30. The number of rotatable bonds is 6. The van der Waals surface area contributed by atoms with E-state index < -0.39 is 17.9 Å². The molecule has 0 radical (unpaired) electrons. The topological polar surface area (TPSA) is 112 Å². The van der Waals surface area contributed by atoms with Crippen molar-refractivity contribution in [1.82, 2.24) is 9.62 Å². The number of amides is 3. The normalized spacial score (nSPS) is 15.4. The number of hydrogen-bond acceptors (Lipinski definition) is 8. The summed E-state index contributed by atoms with van der Waals surface area (Å²) in [5.41, 5.74) is 1.74. The monoisotopic (exact) mass is 482 g/mol. The van der Waals surface area contributed by atoms with Crippen LogP contribution in [0.3, 0.4) is 0 Å². The van der Waals surface area contributed by atoms with Crippen molar-refractivity contribution in [2.45, 2.75) is 26.7 Å². The van der Waals surface area contributed by atoms with Gasteiger partial charge in [-0.15, -0.1) is 11.3 Å². The summed E-state index contributed by atoms with van der Waals surface area (Å²) < 4.78 is 5.81. The van der Waals surface area contributed by atoms with Gasteiger partial charge < -0.3 is 15.4 Å². The average molecular weight is 483 g/mol. The second kappa shape index (κ2) is 10.8. The van der Waals surface area contributed by atoms with Crippen LogP contribution in [0, 0.1) is 11.3 Å². The molecule has 1 unspecified atom stereocenters. The minimum atomic E-state index is -0.830. The fourth-order valence-electron chi connectivity index (χ4n) is 3.25. The first kappa shape index (κ1) is 24.1. The maximum atomic E-state index is 13.3. The van der Waals surface area contributed by atoms with Crippen LogP contribution in [-0.4, -0.2) is 28.8 Å². The summed E-state index contributed by atoms with van der Waals surface area (Å²) in [6.45, 7) is 4.69. The van der Waals surface area contributed by atoms with Crippen LogP contribution in [0.1, 0.15) is 31.6 Å². The summed E-state index contributed by atoms with van der Waals surface area (Å²) in [5.74, 6) is -1.57. The van der Waals surface area contributed by atoms with Crippen LogP contribution in [0.25, 0.3) is 0 Å². The van der Waals surface area contributed by atoms with Crippen molar-refractivity contribution in [2.24, 2.45) is 0 Å². The summed E-state index contributed by atoms with van der Waals surface area (Å²) in [6, 6.07) is 14.9. The minimum Gasteiger partial charge on any atom is -0.449 e. The van der Waals surface area contributed by atoms with Crippen LogP contribution in [-0.2, 0) is 14.3 Å². The Morgan fingerprint density at radius 2 is 1.97 bits per heavy atom. The number of ether oxygens (including phenoxy) is 1. The van der Waals surface area contributed by atoms with Crippen LogP contribution in [0.5, 0.6) is 0 Å². The average Bonchev–Trinajstić information content (AvgIpc) is 3.32. The zero-order valence-electron chi connectivity index (χ0n) is 18.2. The molecule has 1 atom stereocenters. The molecule has 3 amide bonds. The second-order valence-corrected chi connectivity index (χ2v) is 8.83. The van der Waals surface area contributed by atoms with Gasteiger partial charge in [0.2, 0.25) is 5.91 Å². The molecule has 0 aliphatic carbocycles. The highest BCUT2D eigenvalue weighted by atomic mass is 32.2. The zero-order chi connectivity index (χ0) is 24.0. The highest BCUT2D eigenvalue weighted by molar-refractivity contribution is 8.01. The van der Waals surface area contributed by atoms with E-state index in [1.54, 1.807) is 26.0 Å². The number of nitriles is 1. The first-order valence-electron chi connectivity index (χ1n) is 10.0. The fraction of sp³-hybridized carbons (Fsp3) is 0.217. The number of hydrogen-bond donors (Lipinski definition) is 2. The number of carbonyl (C=O) groups is 3. The predicted molar refractivity (Wildman–Crippen MR) is 128 cm³/mol. The summed E-state index contributed by atoms with van der Waals surface area (Å²) in [6.07, 6.45) is -0.830. The molecule has 170 valence electrons. The minimum absolute atomic E-state index is 0.0985. The van der Waals surface area contributed by atoms with Crippen LogP contribution in [0.15, 0.2) is 69.7 Å². The maximum Gasteiger partial charge on any atom is 0.427 e. The first-order valence-corrected chi connectivity index (χ1v) is 11.7. The summed E-state index contributed by atoms with van der Waals surface area (Å²) in [4.78, 5) is 38.4. The Balaban J connectivity index is 2.03. The van der Waals surface area contributed by atoms with E-state index in [1.807, 2.05) is 35.7 Å². The Labute approximate surface area is 200 Å². The van der Waals surface area contributed by atoms with Crippen molar-refractivity contribution in [3.8, 4) is 6.07 Å². The van der Waals surface area contributed by atoms with Crippen LogP contribution in [0.2, 0.25) is 0 Å². The summed E-state index contributed by atoms with van der Waals surface area (Å²) in [7, 11) is 0. The van der Waals surface area contributed by atoms with Crippen LogP contribution < -0.4 is 10.6 Å². The lowest BCUT2D eigenvalue weighted by Crippen LogP contribution is -2.34. The van der Waals surface area contributed by atoms with E-state index in [0.717, 1.165) is 21.1 Å². The van der Waals surface area contributed by atoms with E-state index in [0.29, 0.717) is 17.0 Å². The third kappa shape index (κ3) is 5.45. The quantitative estimate of drug-likeness (QED) is 0.572. The Hall–Kier alpha value is -3.55. The van der Waals surface area contributed by atoms with Crippen LogP contribution in [0.4, 0.5) is 10.5 Å². The number of dihydropyridines is 1. The largest absolute Gasteiger partial charge is 0.449 e. The molecule has 2 heterocycles. The molecule has 1 aromatic heterocycles. The van der Waals surface area contributed by atoms with Crippen molar-refractivity contribution in [1.29, 1.82) is 5.26 Å². The van der Waals surface area contributed by atoms with Gasteiger partial charge in [-0.05, 0) is 37.4 Å². The van der Waals surface area contributed by atoms with E-state index in [2.05, 4.69) is 16.7 Å². The molecule has 10 heteroatoms. The predicted octanol–water partition coefficient (Wildman–Crippen LogP) is 4.74. The van der Waals surface area contributed by atoms with Crippen molar-refractivity contribution < 1.29 is 19.1 Å². The number of nitrogens with zero attached hydrogens (tertiary/aromatic N) is 2. The number of imide groups is 1. The molecule has 0 saturated heterocycles. The molecule has 0 bridgehead atoms. The van der Waals surface area contributed by atoms with Gasteiger partial charge in [0.05, 0.1) is 24.2 Å². The van der Waals surface area contributed by atoms with Gasteiger partial charge in [-0.3, -0.25) is 9.59 Å². The number of allylic oxidation sites excluding steroid dienone is 2. The van der Waals surface area contributed by atoms with Crippen LogP contribution >= 0.6 is 23.3 Å². The third-order valence-electron chi connectivity index (χ3n) is 4.65. The second-order valence-electron chi connectivity index (χ2n) is 6.89. The number of anilines is 1. The van der Waals surface area contributed by atoms with E-state index in [9.17, 15) is 19.6 Å². The standard InChI is InChI=1S/C23H22N4O4S2/c1-4-31-23(30)27(15(3)28)33-22-17(13-24)20(18-11-8-12-32-18)19(14(2)25-22)21(29)26-16-9-6-5-7-10-16/h5-12,20,25H,4H2,1-3H3,(H,26,29). The maximum absolute atomic E-state index is 13.3. The highest BCUT2D eigenvalue weighted by Crippen LogP contribution is 2.43. The molecule has 33 heavy (non-hydrogen) atoms. The molecular formula is C23H22N4O4S2. The van der Waals surface area contributed by atoms with E-state index >= 15 is 0 Å². The summed E-state index contributed by atoms with van der Waals surface area (Å²) >= 11 is 2.18. The van der Waals surface area contributed by atoms with Crippen molar-refractivity contribution >= 4 is 46.9 Å². The molecule has 0 spiro atoms. The molecule has 0 saturated carbocycles. The van der Waals surface area contributed by atoms with Gasteiger partial charge in [0, 0.05) is 40.7 Å². The van der Waals surface area contributed by atoms with Crippen molar-refractivity contribution in [2.75, 3.05) is 11.9 Å². The van der Waals surface area contributed by atoms with Gasteiger partial charge in [-0.2, -0.15) is 9.57 Å². The van der Waals surface area contributed by atoms with Gasteiger partial charge in [-0.1, -0.05) is 24.3 Å². The number of para-hydroxylation sites is 1. The SMILES string of the molecule is CCOC(=O)N(SC1=C(C#N)C(c2cccs2)C(C(=O)Nc2ccccc2)=C(C)N1)C(C)=O. The number of thiophene rings is 1. The third-order valence-corrected chi connectivity index (χ3v) is 6.68. The number of nitrogens with one attached hydrogen (secondary N) is 2. The molecular weight excluding hydrogens is 460 g/mol. The molecule has 1 aromatic carbocycles. The molecule has 1 aliphatic heterocycles. The van der Waals surface area contributed by atoms with E-state index in [1.165, 1.54) is 18.3 Å². The fourth-order valence-corrected chi connectivity index (χ4v) is 4.99. The zero-order valence-corrected chi connectivity index (χ0v) is 19.9. The smallest absolute Gasteiger partial charge is 0.427 e. The molecule has 8 nitrogen and oxygen atoms in total. The molecule has 2 N–H and O–H groups in total.